The van der Waals surface area contributed by atoms with E-state index in [1.807, 2.05) is 6.92 Å². The van der Waals surface area contributed by atoms with E-state index in [2.05, 4.69) is 5.32 Å². The summed E-state index contributed by atoms with van der Waals surface area (Å²) in [5.41, 5.74) is 0.903. The number of methoxy groups -OCH3 is 1. The van der Waals surface area contributed by atoms with Crippen molar-refractivity contribution in [1.29, 1.82) is 0 Å². The van der Waals surface area contributed by atoms with Gasteiger partial charge < -0.3 is 10.1 Å². The van der Waals surface area contributed by atoms with Crippen LogP contribution in [-0.2, 0) is 4.74 Å². The zero-order valence-corrected chi connectivity index (χ0v) is 10.5. The number of rotatable bonds is 6. The third kappa shape index (κ3) is 3.75. The lowest BCUT2D eigenvalue weighted by Crippen LogP contribution is -2.27. The van der Waals surface area contributed by atoms with Gasteiger partial charge in [0.15, 0.2) is 0 Å². The highest BCUT2D eigenvalue weighted by molar-refractivity contribution is 5.28. The van der Waals surface area contributed by atoms with Crippen LogP contribution in [0.3, 0.4) is 0 Å². The summed E-state index contributed by atoms with van der Waals surface area (Å²) in [5.74, 6) is -1.04. The third-order valence-corrected chi connectivity index (χ3v) is 2.63. The lowest BCUT2D eigenvalue weighted by molar-refractivity contribution is 0.165. The fraction of sp³-hybridized carbons (Fsp3) is 0.538. The predicted molar refractivity (Wildman–Crippen MR) is 64.0 cm³/mol. The van der Waals surface area contributed by atoms with Crippen LogP contribution in [0.2, 0.25) is 0 Å². The molecule has 0 saturated carbocycles. The molecule has 0 aliphatic heterocycles. The van der Waals surface area contributed by atoms with Gasteiger partial charge in [-0.15, -0.1) is 0 Å². The molecule has 96 valence electrons. The van der Waals surface area contributed by atoms with Crippen molar-refractivity contribution in [2.24, 2.45) is 0 Å². The van der Waals surface area contributed by atoms with Crippen LogP contribution in [-0.4, -0.2) is 20.3 Å². The molecule has 0 heterocycles. The van der Waals surface area contributed by atoms with Crippen LogP contribution in [0.5, 0.6) is 0 Å². The Balaban J connectivity index is 2.96. The average Bonchev–Trinajstić information content (AvgIpc) is 2.29. The number of nitrogens with one attached hydrogen (secondary N) is 1. The Morgan fingerprint density at radius 3 is 2.59 bits per heavy atom. The minimum absolute atomic E-state index is 0.237. The highest BCUT2D eigenvalue weighted by atomic mass is 19.1. The van der Waals surface area contributed by atoms with Gasteiger partial charge in [0.25, 0.3) is 0 Å². The largest absolute Gasteiger partial charge is 0.383 e. The second-order valence-corrected chi connectivity index (χ2v) is 4.08. The fourth-order valence-corrected chi connectivity index (χ4v) is 1.69. The van der Waals surface area contributed by atoms with E-state index >= 15 is 0 Å². The van der Waals surface area contributed by atoms with Gasteiger partial charge in [-0.05, 0) is 31.5 Å². The lowest BCUT2D eigenvalue weighted by Gasteiger charge is -2.19. The number of benzene rings is 1. The summed E-state index contributed by atoms with van der Waals surface area (Å²) in [6, 6.07) is 2.23. The van der Waals surface area contributed by atoms with Crippen molar-refractivity contribution in [1.82, 2.24) is 5.32 Å². The van der Waals surface area contributed by atoms with E-state index in [1.54, 1.807) is 14.0 Å². The smallest absolute Gasteiger partial charge is 0.131 e. The molecule has 1 atom stereocenters. The van der Waals surface area contributed by atoms with E-state index < -0.39 is 11.6 Å². The van der Waals surface area contributed by atoms with E-state index in [0.29, 0.717) is 17.7 Å². The van der Waals surface area contributed by atoms with E-state index in [4.69, 9.17) is 4.74 Å². The van der Waals surface area contributed by atoms with Gasteiger partial charge in [-0.3, -0.25) is 0 Å². The van der Waals surface area contributed by atoms with Crippen molar-refractivity contribution >= 4 is 0 Å². The summed E-state index contributed by atoms with van der Waals surface area (Å²) >= 11 is 0. The van der Waals surface area contributed by atoms with Crippen LogP contribution in [0.1, 0.15) is 30.5 Å². The predicted octanol–water partition coefficient (Wildman–Crippen LogP) is 2.96. The molecular weight excluding hydrogens is 224 g/mol. The standard InChI is InChI=1S/C13H19F2NO/c1-4-5-16-13(8-17-3)10-6-9(2)11(14)7-12(10)15/h6-7,13,16H,4-5,8H2,1-3H3. The minimum Gasteiger partial charge on any atom is -0.383 e. The molecule has 0 aliphatic carbocycles. The molecule has 1 aromatic rings. The zero-order valence-electron chi connectivity index (χ0n) is 10.5. The lowest BCUT2D eigenvalue weighted by atomic mass is 10.0. The van der Waals surface area contributed by atoms with Gasteiger partial charge in [0.05, 0.1) is 12.6 Å². The molecule has 2 nitrogen and oxygen atoms in total. The van der Waals surface area contributed by atoms with Crippen molar-refractivity contribution < 1.29 is 13.5 Å². The summed E-state index contributed by atoms with van der Waals surface area (Å²) in [5, 5.41) is 3.19. The quantitative estimate of drug-likeness (QED) is 0.829. The molecule has 1 unspecified atom stereocenters. The molecule has 1 N–H and O–H groups in total. The summed E-state index contributed by atoms with van der Waals surface area (Å²) in [6.07, 6.45) is 0.946. The molecule has 0 fully saturated rings. The first-order valence-corrected chi connectivity index (χ1v) is 5.78. The Kier molecular flexibility index (Phi) is 5.51. The second-order valence-electron chi connectivity index (χ2n) is 4.08. The van der Waals surface area contributed by atoms with E-state index in [-0.39, 0.29) is 6.04 Å². The Labute approximate surface area is 101 Å². The van der Waals surface area contributed by atoms with E-state index in [1.165, 1.54) is 6.07 Å². The van der Waals surface area contributed by atoms with Gasteiger partial charge in [0.2, 0.25) is 0 Å². The number of aryl methyl sites for hydroxylation is 1. The number of hydrogen-bond donors (Lipinski definition) is 1. The van der Waals surface area contributed by atoms with Crippen LogP contribution in [0, 0.1) is 18.6 Å². The SMILES string of the molecule is CCCNC(COC)c1cc(C)c(F)cc1F. The number of ether oxygens (including phenoxy) is 1. The topological polar surface area (TPSA) is 21.3 Å². The molecule has 0 amide bonds. The van der Waals surface area contributed by atoms with E-state index in [9.17, 15) is 8.78 Å². The summed E-state index contributed by atoms with van der Waals surface area (Å²) < 4.78 is 31.9. The van der Waals surface area contributed by atoms with Crippen LogP contribution >= 0.6 is 0 Å². The highest BCUT2D eigenvalue weighted by Gasteiger charge is 2.16. The van der Waals surface area contributed by atoms with Gasteiger partial charge in [0.1, 0.15) is 11.6 Å². The summed E-state index contributed by atoms with van der Waals surface area (Å²) in [6.45, 7) is 4.79. The summed E-state index contributed by atoms with van der Waals surface area (Å²) in [4.78, 5) is 0. The van der Waals surface area contributed by atoms with Crippen molar-refractivity contribution in [3.05, 3.63) is 34.9 Å². The van der Waals surface area contributed by atoms with Crippen molar-refractivity contribution in [3.63, 3.8) is 0 Å². The Bertz CT molecular complexity index is 369. The molecule has 0 spiro atoms. The van der Waals surface area contributed by atoms with Crippen LogP contribution in [0.15, 0.2) is 12.1 Å². The molecule has 0 saturated heterocycles. The van der Waals surface area contributed by atoms with Gasteiger partial charge in [-0.25, -0.2) is 8.78 Å². The number of halogens is 2. The van der Waals surface area contributed by atoms with Crippen LogP contribution in [0.4, 0.5) is 8.78 Å². The van der Waals surface area contributed by atoms with Crippen molar-refractivity contribution in [2.75, 3.05) is 20.3 Å². The third-order valence-electron chi connectivity index (χ3n) is 2.63. The summed E-state index contributed by atoms with van der Waals surface area (Å²) in [7, 11) is 1.56. The Hall–Kier alpha value is -1.00. The highest BCUT2D eigenvalue weighted by Crippen LogP contribution is 2.21. The first kappa shape index (κ1) is 14.1. The molecule has 0 radical (unpaired) electrons. The van der Waals surface area contributed by atoms with Crippen LogP contribution < -0.4 is 5.32 Å². The Morgan fingerprint density at radius 1 is 1.29 bits per heavy atom. The van der Waals surface area contributed by atoms with Gasteiger partial charge in [-0.2, -0.15) is 0 Å². The molecule has 0 bridgehead atoms. The number of hydrogen-bond acceptors (Lipinski definition) is 2. The molecule has 0 aromatic heterocycles. The fourth-order valence-electron chi connectivity index (χ4n) is 1.69. The minimum atomic E-state index is -0.529. The average molecular weight is 243 g/mol. The van der Waals surface area contributed by atoms with E-state index in [0.717, 1.165) is 19.0 Å². The molecule has 1 rings (SSSR count). The maximum atomic E-state index is 13.7. The van der Waals surface area contributed by atoms with Crippen molar-refractivity contribution in [3.8, 4) is 0 Å². The van der Waals surface area contributed by atoms with Crippen LogP contribution in [0.25, 0.3) is 0 Å². The molecule has 1 aromatic carbocycles. The molecular formula is C13H19F2NO. The van der Waals surface area contributed by atoms with Gasteiger partial charge in [-0.1, -0.05) is 6.92 Å². The Morgan fingerprint density at radius 2 is 2.00 bits per heavy atom. The zero-order chi connectivity index (χ0) is 12.8. The molecule has 0 aliphatic rings. The maximum absolute atomic E-state index is 13.7. The molecule has 17 heavy (non-hydrogen) atoms. The molecule has 4 heteroatoms. The normalized spacial score (nSPS) is 12.8. The first-order valence-electron chi connectivity index (χ1n) is 5.78. The second kappa shape index (κ2) is 6.67. The van der Waals surface area contributed by atoms with Gasteiger partial charge >= 0.3 is 0 Å². The van der Waals surface area contributed by atoms with Gasteiger partial charge in [0, 0.05) is 18.7 Å². The maximum Gasteiger partial charge on any atom is 0.131 e. The van der Waals surface area contributed by atoms with Crippen molar-refractivity contribution in [2.45, 2.75) is 26.3 Å². The first-order chi connectivity index (χ1) is 8.10. The monoisotopic (exact) mass is 243 g/mol.